The molecule has 20 heavy (non-hydrogen) atoms. The lowest BCUT2D eigenvalue weighted by molar-refractivity contribution is 0.102. The van der Waals surface area contributed by atoms with E-state index in [1.54, 1.807) is 49.6 Å². The number of fused-ring (bicyclic) bond motifs is 1. The number of nitrogens with zero attached hydrogens (tertiary/aromatic N) is 1. The summed E-state index contributed by atoms with van der Waals surface area (Å²) in [5.74, 6) is 0.524. The van der Waals surface area contributed by atoms with Crippen molar-refractivity contribution in [2.75, 3.05) is 12.4 Å². The van der Waals surface area contributed by atoms with Crippen LogP contribution in [-0.4, -0.2) is 18.0 Å². The quantitative estimate of drug-likeness (QED) is 0.792. The van der Waals surface area contributed by atoms with E-state index in [1.807, 2.05) is 0 Å². The molecule has 1 N–H and O–H groups in total. The number of hydrogen-bond donors (Lipinski definition) is 1. The lowest BCUT2D eigenvalue weighted by atomic mass is 10.2. The minimum absolute atomic E-state index is 0.188. The monoisotopic (exact) mass is 268 g/mol. The van der Waals surface area contributed by atoms with Crippen molar-refractivity contribution in [1.82, 2.24) is 4.98 Å². The zero-order valence-corrected chi connectivity index (χ0v) is 10.8. The minimum Gasteiger partial charge on any atom is -0.497 e. The molecule has 0 saturated heterocycles. The zero-order valence-electron chi connectivity index (χ0n) is 10.8. The van der Waals surface area contributed by atoms with Crippen LogP contribution >= 0.6 is 0 Å². The number of nitrogens with one attached hydrogen (secondary N) is 1. The second-order valence-electron chi connectivity index (χ2n) is 4.22. The number of amides is 1. The highest BCUT2D eigenvalue weighted by Crippen LogP contribution is 2.19. The molecule has 0 atom stereocenters. The molecule has 1 aromatic heterocycles. The summed E-state index contributed by atoms with van der Waals surface area (Å²) in [6, 6.07) is 12.2. The number of anilines is 1. The smallest absolute Gasteiger partial charge is 0.255 e. The van der Waals surface area contributed by atoms with Gasteiger partial charge < -0.3 is 14.5 Å². The first-order chi connectivity index (χ1) is 9.76. The summed E-state index contributed by atoms with van der Waals surface area (Å²) < 4.78 is 10.3. The molecule has 0 bridgehead atoms. The van der Waals surface area contributed by atoms with Crippen LogP contribution in [0, 0.1) is 0 Å². The first-order valence-electron chi connectivity index (χ1n) is 6.05. The van der Waals surface area contributed by atoms with E-state index < -0.39 is 0 Å². The number of rotatable bonds is 3. The fourth-order valence-corrected chi connectivity index (χ4v) is 1.88. The molecule has 0 radical (unpaired) electrons. The summed E-state index contributed by atoms with van der Waals surface area (Å²) in [5, 5.41) is 2.81. The highest BCUT2D eigenvalue weighted by molar-refractivity contribution is 6.04. The van der Waals surface area contributed by atoms with E-state index in [0.29, 0.717) is 22.6 Å². The molecule has 1 amide bonds. The average Bonchev–Trinajstić information content (AvgIpc) is 2.95. The van der Waals surface area contributed by atoms with Gasteiger partial charge in [-0.05, 0) is 36.4 Å². The minimum atomic E-state index is -0.188. The molecular formula is C15H12N2O3. The Morgan fingerprint density at radius 1 is 1.20 bits per heavy atom. The fourth-order valence-electron chi connectivity index (χ4n) is 1.88. The first kappa shape index (κ1) is 12.2. The molecule has 0 fully saturated rings. The number of hydrogen-bond acceptors (Lipinski definition) is 4. The van der Waals surface area contributed by atoms with Crippen LogP contribution in [0.25, 0.3) is 11.1 Å². The van der Waals surface area contributed by atoms with E-state index >= 15 is 0 Å². The van der Waals surface area contributed by atoms with Gasteiger partial charge in [-0.25, -0.2) is 4.98 Å². The number of oxazole rings is 1. The summed E-state index contributed by atoms with van der Waals surface area (Å²) in [5.41, 5.74) is 2.61. The molecule has 0 aliphatic rings. The van der Waals surface area contributed by atoms with Crippen LogP contribution in [0.5, 0.6) is 5.75 Å². The number of carbonyl (C=O) groups is 1. The van der Waals surface area contributed by atoms with Gasteiger partial charge in [-0.3, -0.25) is 4.79 Å². The highest BCUT2D eigenvalue weighted by Gasteiger charge is 2.07. The number of carbonyl (C=O) groups excluding carboxylic acids is 1. The van der Waals surface area contributed by atoms with Crippen LogP contribution < -0.4 is 10.1 Å². The van der Waals surface area contributed by atoms with Crippen LogP contribution in [0.1, 0.15) is 10.4 Å². The Balaban J connectivity index is 1.80. The van der Waals surface area contributed by atoms with E-state index in [4.69, 9.17) is 9.15 Å². The van der Waals surface area contributed by atoms with Gasteiger partial charge >= 0.3 is 0 Å². The van der Waals surface area contributed by atoms with Gasteiger partial charge in [0.2, 0.25) is 0 Å². The van der Waals surface area contributed by atoms with Crippen LogP contribution in [0.3, 0.4) is 0 Å². The summed E-state index contributed by atoms with van der Waals surface area (Å²) in [6.45, 7) is 0. The van der Waals surface area contributed by atoms with Gasteiger partial charge in [0.1, 0.15) is 11.3 Å². The van der Waals surface area contributed by atoms with Gasteiger partial charge in [0, 0.05) is 17.3 Å². The van der Waals surface area contributed by atoms with Crippen molar-refractivity contribution in [1.29, 1.82) is 0 Å². The van der Waals surface area contributed by atoms with E-state index in [9.17, 15) is 4.79 Å². The van der Waals surface area contributed by atoms with Gasteiger partial charge in [-0.15, -0.1) is 0 Å². The lowest BCUT2D eigenvalue weighted by Crippen LogP contribution is -2.11. The molecule has 5 heteroatoms. The predicted octanol–water partition coefficient (Wildman–Crippen LogP) is 3.09. The lowest BCUT2D eigenvalue weighted by Gasteiger charge is -2.05. The molecule has 100 valence electrons. The Morgan fingerprint density at radius 3 is 2.75 bits per heavy atom. The summed E-state index contributed by atoms with van der Waals surface area (Å²) in [6.07, 6.45) is 1.37. The number of benzene rings is 2. The Hall–Kier alpha value is -2.82. The van der Waals surface area contributed by atoms with E-state index in [2.05, 4.69) is 10.3 Å². The van der Waals surface area contributed by atoms with Crippen molar-refractivity contribution in [3.8, 4) is 5.75 Å². The molecule has 5 nitrogen and oxygen atoms in total. The third kappa shape index (κ3) is 2.33. The van der Waals surface area contributed by atoms with E-state index in [-0.39, 0.29) is 5.91 Å². The molecule has 2 aromatic carbocycles. The van der Waals surface area contributed by atoms with Gasteiger partial charge in [-0.1, -0.05) is 0 Å². The van der Waals surface area contributed by atoms with E-state index in [1.165, 1.54) is 6.39 Å². The Labute approximate surface area is 115 Å². The predicted molar refractivity (Wildman–Crippen MR) is 75.0 cm³/mol. The number of aromatic nitrogens is 1. The molecule has 0 aliphatic heterocycles. The van der Waals surface area contributed by atoms with Crippen LogP contribution in [-0.2, 0) is 0 Å². The van der Waals surface area contributed by atoms with Crippen LogP contribution in [0.15, 0.2) is 53.3 Å². The maximum absolute atomic E-state index is 12.1. The van der Waals surface area contributed by atoms with E-state index in [0.717, 1.165) is 5.52 Å². The summed E-state index contributed by atoms with van der Waals surface area (Å²) >= 11 is 0. The third-order valence-electron chi connectivity index (χ3n) is 2.94. The maximum Gasteiger partial charge on any atom is 0.255 e. The molecule has 0 unspecified atom stereocenters. The molecule has 0 spiro atoms. The number of methoxy groups -OCH3 is 1. The van der Waals surface area contributed by atoms with Crippen molar-refractivity contribution in [3.05, 3.63) is 54.4 Å². The number of ether oxygens (including phenoxy) is 1. The first-order valence-corrected chi connectivity index (χ1v) is 6.05. The zero-order chi connectivity index (χ0) is 13.9. The second kappa shape index (κ2) is 5.05. The highest BCUT2D eigenvalue weighted by atomic mass is 16.5. The van der Waals surface area contributed by atoms with Gasteiger partial charge in [0.25, 0.3) is 5.91 Å². The molecule has 0 aliphatic carbocycles. The normalized spacial score (nSPS) is 10.4. The Morgan fingerprint density at radius 2 is 2.00 bits per heavy atom. The summed E-state index contributed by atoms with van der Waals surface area (Å²) in [7, 11) is 1.59. The molecule has 0 saturated carbocycles. The Kier molecular flexibility index (Phi) is 3.09. The van der Waals surface area contributed by atoms with Gasteiger partial charge in [0.15, 0.2) is 12.0 Å². The molecule has 3 aromatic rings. The standard InChI is InChI=1S/C15H12N2O3/c1-19-12-5-2-10(3-6-12)15(18)17-11-4-7-13-14(8-11)20-9-16-13/h2-9H,1H3,(H,17,18). The SMILES string of the molecule is COc1ccc(C(=O)Nc2ccc3ncoc3c2)cc1. The third-order valence-corrected chi connectivity index (χ3v) is 2.94. The van der Waals surface area contributed by atoms with Crippen molar-refractivity contribution in [2.45, 2.75) is 0 Å². The second-order valence-corrected chi connectivity index (χ2v) is 4.22. The van der Waals surface area contributed by atoms with Gasteiger partial charge in [0.05, 0.1) is 7.11 Å². The fraction of sp³-hybridized carbons (Fsp3) is 0.0667. The van der Waals surface area contributed by atoms with Crippen LogP contribution in [0.2, 0.25) is 0 Å². The average molecular weight is 268 g/mol. The molecular weight excluding hydrogens is 256 g/mol. The van der Waals surface area contributed by atoms with Crippen molar-refractivity contribution in [3.63, 3.8) is 0 Å². The van der Waals surface area contributed by atoms with Crippen molar-refractivity contribution >= 4 is 22.7 Å². The summed E-state index contributed by atoms with van der Waals surface area (Å²) in [4.78, 5) is 16.1. The van der Waals surface area contributed by atoms with Crippen molar-refractivity contribution in [2.24, 2.45) is 0 Å². The maximum atomic E-state index is 12.1. The van der Waals surface area contributed by atoms with Crippen LogP contribution in [0.4, 0.5) is 5.69 Å². The van der Waals surface area contributed by atoms with Crippen molar-refractivity contribution < 1.29 is 13.9 Å². The topological polar surface area (TPSA) is 64.4 Å². The molecule has 1 heterocycles. The molecule has 3 rings (SSSR count). The Bertz CT molecular complexity index is 747. The largest absolute Gasteiger partial charge is 0.497 e. The van der Waals surface area contributed by atoms with Gasteiger partial charge in [-0.2, -0.15) is 0 Å².